The Kier molecular flexibility index (Phi) is 6.91. The molecule has 0 aromatic rings. The lowest BCUT2D eigenvalue weighted by Gasteiger charge is -2.34. The number of morpholine rings is 1. The molecule has 1 saturated heterocycles. The molecule has 1 heterocycles. The fourth-order valence-corrected chi connectivity index (χ4v) is 1.79. The molecule has 0 amide bonds. The minimum Gasteiger partial charge on any atom is -0.385 e. The normalized spacial score (nSPS) is 21.7. The summed E-state index contributed by atoms with van der Waals surface area (Å²) < 4.78 is 10.6. The zero-order valence-corrected chi connectivity index (χ0v) is 10.8. The molecule has 1 fully saturated rings. The molecule has 6 nitrogen and oxygen atoms in total. The van der Waals surface area contributed by atoms with Gasteiger partial charge in [-0.3, -0.25) is 10.4 Å². The SMILES string of the molecule is CCC1CN(C(=NCCCOC)NN)CCO1. The summed E-state index contributed by atoms with van der Waals surface area (Å²) in [4.78, 5) is 6.59. The minimum absolute atomic E-state index is 0.279. The smallest absolute Gasteiger partial charge is 0.208 e. The molecular weight excluding hydrogens is 220 g/mol. The maximum absolute atomic E-state index is 5.61. The predicted octanol–water partition coefficient (Wildman–Crippen LogP) is -0.0470. The molecule has 0 saturated carbocycles. The second-order valence-electron chi connectivity index (χ2n) is 4.04. The van der Waals surface area contributed by atoms with Crippen LogP contribution < -0.4 is 11.3 Å². The summed E-state index contributed by atoms with van der Waals surface area (Å²) in [6, 6.07) is 0. The topological polar surface area (TPSA) is 72.1 Å². The van der Waals surface area contributed by atoms with Crippen LogP contribution in [0.2, 0.25) is 0 Å². The van der Waals surface area contributed by atoms with Gasteiger partial charge < -0.3 is 14.4 Å². The summed E-state index contributed by atoms with van der Waals surface area (Å²) in [7, 11) is 1.69. The Morgan fingerprint density at radius 2 is 2.47 bits per heavy atom. The van der Waals surface area contributed by atoms with Gasteiger partial charge in [0.05, 0.1) is 12.7 Å². The van der Waals surface area contributed by atoms with Crippen molar-refractivity contribution in [3.63, 3.8) is 0 Å². The number of guanidine groups is 1. The fourth-order valence-electron chi connectivity index (χ4n) is 1.79. The maximum Gasteiger partial charge on any atom is 0.208 e. The van der Waals surface area contributed by atoms with Gasteiger partial charge in [0.2, 0.25) is 5.96 Å². The van der Waals surface area contributed by atoms with Gasteiger partial charge in [0.1, 0.15) is 0 Å². The highest BCUT2D eigenvalue weighted by atomic mass is 16.5. The summed E-state index contributed by atoms with van der Waals surface area (Å²) >= 11 is 0. The number of aliphatic imine (C=N–C) groups is 1. The van der Waals surface area contributed by atoms with Crippen molar-refractivity contribution in [1.82, 2.24) is 10.3 Å². The zero-order chi connectivity index (χ0) is 12.5. The second kappa shape index (κ2) is 8.27. The molecule has 1 rings (SSSR count). The van der Waals surface area contributed by atoms with Crippen LogP contribution in [0.5, 0.6) is 0 Å². The van der Waals surface area contributed by atoms with Crippen LogP contribution in [-0.4, -0.2) is 56.9 Å². The molecule has 6 heteroatoms. The van der Waals surface area contributed by atoms with Crippen molar-refractivity contribution in [3.05, 3.63) is 0 Å². The van der Waals surface area contributed by atoms with E-state index in [9.17, 15) is 0 Å². The number of nitrogens with two attached hydrogens (primary N) is 1. The highest BCUT2D eigenvalue weighted by Crippen LogP contribution is 2.08. The van der Waals surface area contributed by atoms with Crippen molar-refractivity contribution in [2.45, 2.75) is 25.9 Å². The molecule has 0 aliphatic carbocycles. The van der Waals surface area contributed by atoms with E-state index < -0.39 is 0 Å². The highest BCUT2D eigenvalue weighted by Gasteiger charge is 2.21. The molecule has 1 aliphatic heterocycles. The Labute approximate surface area is 103 Å². The number of nitrogens with zero attached hydrogens (tertiary/aromatic N) is 2. The van der Waals surface area contributed by atoms with Crippen LogP contribution >= 0.6 is 0 Å². The summed E-state index contributed by atoms with van der Waals surface area (Å²) in [6.45, 7) is 5.99. The molecular formula is C11H24N4O2. The van der Waals surface area contributed by atoms with Gasteiger partial charge in [-0.25, -0.2) is 5.84 Å². The molecule has 0 spiro atoms. The van der Waals surface area contributed by atoms with Crippen LogP contribution in [0.1, 0.15) is 19.8 Å². The molecule has 1 unspecified atom stereocenters. The average molecular weight is 244 g/mol. The van der Waals surface area contributed by atoms with E-state index in [1.54, 1.807) is 7.11 Å². The Hall–Kier alpha value is -0.850. The maximum atomic E-state index is 5.61. The van der Waals surface area contributed by atoms with Crippen LogP contribution in [0.4, 0.5) is 0 Å². The van der Waals surface area contributed by atoms with E-state index in [1.165, 1.54) is 0 Å². The van der Waals surface area contributed by atoms with Crippen molar-refractivity contribution < 1.29 is 9.47 Å². The van der Waals surface area contributed by atoms with Crippen molar-refractivity contribution in [2.24, 2.45) is 10.8 Å². The lowest BCUT2D eigenvalue weighted by atomic mass is 10.2. The third-order valence-corrected chi connectivity index (χ3v) is 2.79. The van der Waals surface area contributed by atoms with Crippen molar-refractivity contribution in [1.29, 1.82) is 0 Å². The van der Waals surface area contributed by atoms with Crippen LogP contribution in [0.15, 0.2) is 4.99 Å². The number of rotatable bonds is 5. The van der Waals surface area contributed by atoms with Crippen LogP contribution in [0, 0.1) is 0 Å². The first kappa shape index (κ1) is 14.2. The molecule has 0 aromatic carbocycles. The van der Waals surface area contributed by atoms with E-state index in [0.29, 0.717) is 0 Å². The summed E-state index contributed by atoms with van der Waals surface area (Å²) in [5, 5.41) is 0. The van der Waals surface area contributed by atoms with E-state index in [2.05, 4.69) is 22.2 Å². The minimum atomic E-state index is 0.279. The number of hydrogen-bond donors (Lipinski definition) is 2. The monoisotopic (exact) mass is 244 g/mol. The summed E-state index contributed by atoms with van der Waals surface area (Å²) in [6.07, 6.45) is 2.20. The molecule has 1 atom stereocenters. The molecule has 100 valence electrons. The van der Waals surface area contributed by atoms with E-state index in [-0.39, 0.29) is 6.10 Å². The standard InChI is InChI=1S/C11H24N4O2/c1-3-10-9-15(6-8-17-10)11(14-12)13-5-4-7-16-2/h10H,3-9,12H2,1-2H3,(H,13,14). The molecule has 0 radical (unpaired) electrons. The van der Waals surface area contributed by atoms with Crippen LogP contribution in [0.25, 0.3) is 0 Å². The largest absolute Gasteiger partial charge is 0.385 e. The third kappa shape index (κ3) is 4.89. The lowest BCUT2D eigenvalue weighted by Crippen LogP contribution is -2.52. The molecule has 3 N–H and O–H groups in total. The Morgan fingerprint density at radius 1 is 1.65 bits per heavy atom. The lowest BCUT2D eigenvalue weighted by molar-refractivity contribution is -0.00812. The highest BCUT2D eigenvalue weighted by molar-refractivity contribution is 5.79. The Morgan fingerprint density at radius 3 is 3.12 bits per heavy atom. The van der Waals surface area contributed by atoms with E-state index >= 15 is 0 Å². The van der Waals surface area contributed by atoms with Gasteiger partial charge in [0.15, 0.2) is 0 Å². The van der Waals surface area contributed by atoms with Crippen LogP contribution in [-0.2, 0) is 9.47 Å². The van der Waals surface area contributed by atoms with E-state index in [1.807, 2.05) is 0 Å². The first-order valence-electron chi connectivity index (χ1n) is 6.18. The summed E-state index contributed by atoms with van der Waals surface area (Å²) in [5.74, 6) is 6.26. The predicted molar refractivity (Wildman–Crippen MR) is 67.7 cm³/mol. The zero-order valence-electron chi connectivity index (χ0n) is 10.8. The van der Waals surface area contributed by atoms with E-state index in [4.69, 9.17) is 15.3 Å². The Balaban J connectivity index is 2.42. The fraction of sp³-hybridized carbons (Fsp3) is 0.909. The van der Waals surface area contributed by atoms with Gasteiger partial charge in [-0.15, -0.1) is 0 Å². The van der Waals surface area contributed by atoms with Crippen LogP contribution in [0.3, 0.4) is 0 Å². The number of hydrazine groups is 1. The first-order valence-corrected chi connectivity index (χ1v) is 6.18. The number of ether oxygens (including phenoxy) is 2. The van der Waals surface area contributed by atoms with Gasteiger partial charge in [-0.2, -0.15) is 0 Å². The molecule has 0 bridgehead atoms. The van der Waals surface area contributed by atoms with Crippen molar-refractivity contribution >= 4 is 5.96 Å². The Bertz CT molecular complexity index is 236. The number of hydrogen-bond acceptors (Lipinski definition) is 4. The van der Waals surface area contributed by atoms with Gasteiger partial charge in [0.25, 0.3) is 0 Å². The molecule has 1 aliphatic rings. The van der Waals surface area contributed by atoms with Gasteiger partial charge in [-0.05, 0) is 12.8 Å². The van der Waals surface area contributed by atoms with Crippen molar-refractivity contribution in [3.8, 4) is 0 Å². The number of nitrogens with one attached hydrogen (secondary N) is 1. The quantitative estimate of drug-likeness (QED) is 0.233. The number of methoxy groups -OCH3 is 1. The van der Waals surface area contributed by atoms with Gasteiger partial charge in [0, 0.05) is 33.4 Å². The third-order valence-electron chi connectivity index (χ3n) is 2.79. The second-order valence-corrected chi connectivity index (χ2v) is 4.04. The van der Waals surface area contributed by atoms with Crippen molar-refractivity contribution in [2.75, 3.05) is 40.0 Å². The molecule has 17 heavy (non-hydrogen) atoms. The summed E-state index contributed by atoms with van der Waals surface area (Å²) in [5.41, 5.74) is 2.67. The van der Waals surface area contributed by atoms with Gasteiger partial charge in [-0.1, -0.05) is 6.92 Å². The van der Waals surface area contributed by atoms with Gasteiger partial charge >= 0.3 is 0 Å². The average Bonchev–Trinajstić information content (AvgIpc) is 2.39. The molecule has 0 aromatic heterocycles. The van der Waals surface area contributed by atoms with E-state index in [0.717, 1.165) is 51.6 Å². The first-order chi connectivity index (χ1) is 8.31.